The van der Waals surface area contributed by atoms with Gasteiger partial charge < -0.3 is 9.47 Å². The summed E-state index contributed by atoms with van der Waals surface area (Å²) in [4.78, 5) is 16.2. The van der Waals surface area contributed by atoms with Crippen LogP contribution in [0.15, 0.2) is 42.6 Å². The van der Waals surface area contributed by atoms with Gasteiger partial charge in [0.1, 0.15) is 11.3 Å². The van der Waals surface area contributed by atoms with Crippen LogP contribution in [-0.4, -0.2) is 34.8 Å². The highest BCUT2D eigenvalue weighted by Crippen LogP contribution is 2.22. The van der Waals surface area contributed by atoms with Crippen molar-refractivity contribution >= 4 is 11.6 Å². The standard InChI is InChI=1S/C15H13N3O3/c1-20-11-6-3-5-10(9-11)13-16-14-12(15(19)21-2)7-4-8-18(14)17-13/h3-9H,1-2H3. The Morgan fingerprint density at radius 1 is 1.19 bits per heavy atom. The van der Waals surface area contributed by atoms with Gasteiger partial charge in [0.25, 0.3) is 0 Å². The van der Waals surface area contributed by atoms with Crippen LogP contribution >= 0.6 is 0 Å². The Morgan fingerprint density at radius 3 is 2.81 bits per heavy atom. The molecule has 0 aliphatic carbocycles. The van der Waals surface area contributed by atoms with Gasteiger partial charge in [-0.3, -0.25) is 0 Å². The highest BCUT2D eigenvalue weighted by molar-refractivity contribution is 5.95. The Kier molecular flexibility index (Phi) is 3.27. The third-order valence-corrected chi connectivity index (χ3v) is 3.10. The second-order valence-corrected chi connectivity index (χ2v) is 4.35. The zero-order valence-corrected chi connectivity index (χ0v) is 11.6. The molecule has 0 aliphatic heterocycles. The third kappa shape index (κ3) is 2.31. The third-order valence-electron chi connectivity index (χ3n) is 3.10. The first-order chi connectivity index (χ1) is 10.2. The lowest BCUT2D eigenvalue weighted by Gasteiger charge is -2.00. The molecule has 6 heteroatoms. The van der Waals surface area contributed by atoms with Gasteiger partial charge in [-0.25, -0.2) is 14.3 Å². The van der Waals surface area contributed by atoms with Gasteiger partial charge in [0.2, 0.25) is 0 Å². The minimum absolute atomic E-state index is 0.377. The first-order valence-corrected chi connectivity index (χ1v) is 6.31. The van der Waals surface area contributed by atoms with Crippen LogP contribution in [0.25, 0.3) is 17.0 Å². The van der Waals surface area contributed by atoms with Crippen molar-refractivity contribution in [3.63, 3.8) is 0 Å². The van der Waals surface area contributed by atoms with Crippen molar-refractivity contribution in [3.8, 4) is 17.1 Å². The van der Waals surface area contributed by atoms with Gasteiger partial charge in [0.05, 0.1) is 14.2 Å². The number of esters is 1. The number of benzene rings is 1. The van der Waals surface area contributed by atoms with Crippen LogP contribution in [0.4, 0.5) is 0 Å². The van der Waals surface area contributed by atoms with Crippen molar-refractivity contribution in [3.05, 3.63) is 48.2 Å². The molecule has 0 saturated carbocycles. The van der Waals surface area contributed by atoms with E-state index in [4.69, 9.17) is 9.47 Å². The minimum atomic E-state index is -0.440. The Balaban J connectivity index is 2.14. The molecule has 0 N–H and O–H groups in total. The van der Waals surface area contributed by atoms with Crippen LogP contribution in [0, 0.1) is 0 Å². The molecule has 3 aromatic rings. The maximum absolute atomic E-state index is 11.8. The van der Waals surface area contributed by atoms with E-state index in [1.165, 1.54) is 7.11 Å². The molecule has 0 radical (unpaired) electrons. The van der Waals surface area contributed by atoms with Crippen molar-refractivity contribution in [1.82, 2.24) is 14.6 Å². The van der Waals surface area contributed by atoms with Crippen molar-refractivity contribution in [2.45, 2.75) is 0 Å². The summed E-state index contributed by atoms with van der Waals surface area (Å²) >= 11 is 0. The Labute approximate surface area is 120 Å². The summed E-state index contributed by atoms with van der Waals surface area (Å²) in [7, 11) is 2.94. The average Bonchev–Trinajstić information content (AvgIpc) is 2.98. The van der Waals surface area contributed by atoms with Crippen molar-refractivity contribution < 1.29 is 14.3 Å². The number of carbonyl (C=O) groups excluding carboxylic acids is 1. The second-order valence-electron chi connectivity index (χ2n) is 4.35. The molecule has 2 aromatic heterocycles. The number of nitrogens with zero attached hydrogens (tertiary/aromatic N) is 3. The van der Waals surface area contributed by atoms with Gasteiger partial charge in [-0.1, -0.05) is 12.1 Å². The smallest absolute Gasteiger partial charge is 0.341 e. The lowest BCUT2D eigenvalue weighted by atomic mass is 10.2. The maximum Gasteiger partial charge on any atom is 0.341 e. The van der Waals surface area contributed by atoms with Crippen LogP contribution in [0.1, 0.15) is 10.4 Å². The lowest BCUT2D eigenvalue weighted by molar-refractivity contribution is 0.0602. The Bertz CT molecular complexity index is 811. The van der Waals surface area contributed by atoms with E-state index >= 15 is 0 Å². The van der Waals surface area contributed by atoms with E-state index < -0.39 is 5.97 Å². The number of aromatic nitrogens is 3. The molecule has 0 unspecified atom stereocenters. The van der Waals surface area contributed by atoms with Gasteiger partial charge in [-0.2, -0.15) is 0 Å². The molecule has 6 nitrogen and oxygen atoms in total. The van der Waals surface area contributed by atoms with Crippen LogP contribution < -0.4 is 4.74 Å². The molecular formula is C15H13N3O3. The van der Waals surface area contributed by atoms with E-state index in [9.17, 15) is 4.79 Å². The Morgan fingerprint density at radius 2 is 2.05 bits per heavy atom. The Hall–Kier alpha value is -2.89. The number of rotatable bonds is 3. The SMILES string of the molecule is COC(=O)c1cccn2nc(-c3cccc(OC)c3)nc12. The van der Waals surface area contributed by atoms with E-state index in [1.54, 1.807) is 30.0 Å². The predicted octanol–water partition coefficient (Wildman–Crippen LogP) is 2.19. The highest BCUT2D eigenvalue weighted by Gasteiger charge is 2.15. The molecule has 0 bridgehead atoms. The number of ether oxygens (including phenoxy) is 2. The van der Waals surface area contributed by atoms with Crippen molar-refractivity contribution in [1.29, 1.82) is 0 Å². The minimum Gasteiger partial charge on any atom is -0.497 e. The van der Waals surface area contributed by atoms with Gasteiger partial charge >= 0.3 is 5.97 Å². The quantitative estimate of drug-likeness (QED) is 0.689. The molecule has 0 saturated heterocycles. The average molecular weight is 283 g/mol. The van der Waals surface area contributed by atoms with Gasteiger partial charge in [0, 0.05) is 11.8 Å². The molecule has 21 heavy (non-hydrogen) atoms. The normalized spacial score (nSPS) is 10.6. The van der Waals surface area contributed by atoms with Crippen LogP contribution in [0.5, 0.6) is 5.75 Å². The summed E-state index contributed by atoms with van der Waals surface area (Å²) in [5.74, 6) is 0.801. The predicted molar refractivity (Wildman–Crippen MR) is 76.3 cm³/mol. The van der Waals surface area contributed by atoms with E-state index in [-0.39, 0.29) is 0 Å². The zero-order chi connectivity index (χ0) is 14.8. The van der Waals surface area contributed by atoms with E-state index in [0.717, 1.165) is 11.3 Å². The summed E-state index contributed by atoms with van der Waals surface area (Å²) in [5.41, 5.74) is 1.65. The number of pyridine rings is 1. The maximum atomic E-state index is 11.8. The van der Waals surface area contributed by atoms with E-state index in [1.807, 2.05) is 24.3 Å². The molecule has 0 aliphatic rings. The molecule has 3 rings (SSSR count). The van der Waals surface area contributed by atoms with Gasteiger partial charge in [-0.15, -0.1) is 5.10 Å². The summed E-state index contributed by atoms with van der Waals surface area (Å²) in [6.45, 7) is 0. The topological polar surface area (TPSA) is 65.7 Å². The fraction of sp³-hybridized carbons (Fsp3) is 0.133. The largest absolute Gasteiger partial charge is 0.497 e. The first-order valence-electron chi connectivity index (χ1n) is 6.31. The summed E-state index contributed by atoms with van der Waals surface area (Å²) in [6, 6.07) is 10.8. The number of methoxy groups -OCH3 is 2. The molecular weight excluding hydrogens is 270 g/mol. The molecule has 2 heterocycles. The van der Waals surface area contributed by atoms with Crippen molar-refractivity contribution in [2.24, 2.45) is 0 Å². The molecule has 0 amide bonds. The number of carbonyl (C=O) groups is 1. The lowest BCUT2D eigenvalue weighted by Crippen LogP contribution is -2.04. The van der Waals surface area contributed by atoms with E-state index in [2.05, 4.69) is 10.1 Å². The fourth-order valence-corrected chi connectivity index (χ4v) is 2.06. The number of fused-ring (bicyclic) bond motifs is 1. The summed E-state index contributed by atoms with van der Waals surface area (Å²) in [6.07, 6.45) is 1.73. The van der Waals surface area contributed by atoms with Crippen LogP contribution in [0.3, 0.4) is 0 Å². The van der Waals surface area contributed by atoms with E-state index in [0.29, 0.717) is 17.0 Å². The molecule has 106 valence electrons. The fourth-order valence-electron chi connectivity index (χ4n) is 2.06. The van der Waals surface area contributed by atoms with Crippen LogP contribution in [0.2, 0.25) is 0 Å². The zero-order valence-electron chi connectivity index (χ0n) is 11.6. The molecule has 0 atom stereocenters. The monoisotopic (exact) mass is 283 g/mol. The number of hydrogen-bond acceptors (Lipinski definition) is 5. The molecule has 1 aromatic carbocycles. The second kappa shape index (κ2) is 5.24. The summed E-state index contributed by atoms with van der Waals surface area (Å²) in [5, 5.41) is 4.38. The summed E-state index contributed by atoms with van der Waals surface area (Å²) < 4.78 is 11.5. The number of hydrogen-bond donors (Lipinski definition) is 0. The molecule has 0 fully saturated rings. The molecule has 0 spiro atoms. The highest BCUT2D eigenvalue weighted by atomic mass is 16.5. The first kappa shape index (κ1) is 13.1. The van der Waals surface area contributed by atoms with Gasteiger partial charge in [0.15, 0.2) is 11.5 Å². The van der Waals surface area contributed by atoms with Crippen molar-refractivity contribution in [2.75, 3.05) is 14.2 Å². The van der Waals surface area contributed by atoms with Gasteiger partial charge in [-0.05, 0) is 24.3 Å². The van der Waals surface area contributed by atoms with Crippen LogP contribution in [-0.2, 0) is 4.74 Å².